The van der Waals surface area contributed by atoms with Gasteiger partial charge in [0, 0.05) is 6.20 Å². The van der Waals surface area contributed by atoms with Crippen LogP contribution in [0, 0.1) is 6.92 Å². The number of hydrogen-bond donors (Lipinski definition) is 2. The molecule has 0 aliphatic heterocycles. The van der Waals surface area contributed by atoms with Crippen LogP contribution in [0.1, 0.15) is 41.4 Å². The largest absolute Gasteiger partial charge is 0.471 e. The maximum Gasteiger partial charge on any atom is 0.285 e. The van der Waals surface area contributed by atoms with E-state index in [1.54, 1.807) is 16.9 Å². The lowest BCUT2D eigenvalue weighted by molar-refractivity contribution is 0.0946. The number of carbonyl (C=O) groups excluding carboxylic acids is 1. The molecule has 2 aromatic rings. The van der Waals surface area contributed by atoms with Gasteiger partial charge < -0.3 is 4.74 Å². The summed E-state index contributed by atoms with van der Waals surface area (Å²) in [5.41, 5.74) is 4.68. The van der Waals surface area contributed by atoms with Gasteiger partial charge in [0.05, 0.1) is 0 Å². The van der Waals surface area contributed by atoms with Crippen molar-refractivity contribution in [3.8, 4) is 5.75 Å². The van der Waals surface area contributed by atoms with Crippen LogP contribution in [0.4, 0.5) is 0 Å². The molecule has 1 heterocycles. The van der Waals surface area contributed by atoms with Gasteiger partial charge in [0.15, 0.2) is 12.4 Å². The van der Waals surface area contributed by atoms with Crippen molar-refractivity contribution in [3.05, 3.63) is 47.3 Å². The third kappa shape index (κ3) is 3.82. The quantitative estimate of drug-likeness (QED) is 0.500. The first-order valence-electron chi connectivity index (χ1n) is 6.78. The number of hydrazine groups is 1. The lowest BCUT2D eigenvalue weighted by Gasteiger charge is -2.11. The number of carbonyl (C=O) groups is 1. The first-order chi connectivity index (χ1) is 9.99. The minimum Gasteiger partial charge on any atom is -0.471 e. The third-order valence-corrected chi connectivity index (χ3v) is 3.11. The summed E-state index contributed by atoms with van der Waals surface area (Å²) in [5, 5.41) is 4.08. The number of nitrogens with two attached hydrogens (primary N) is 1. The standard InChI is InChI=1S/C15H20N4O2/c1-10(2)12-6-11(3)7-13(8-12)21-9-19-5-4-14(18-19)15(20)17-16/h4-8,10H,9,16H2,1-3H3,(H,17,20). The summed E-state index contributed by atoms with van der Waals surface area (Å²) in [5.74, 6) is 5.87. The van der Waals surface area contributed by atoms with Crippen LogP contribution in [0.25, 0.3) is 0 Å². The van der Waals surface area contributed by atoms with E-state index in [9.17, 15) is 4.79 Å². The zero-order chi connectivity index (χ0) is 15.4. The molecule has 2 rings (SSSR count). The number of nitrogen functional groups attached to an aromatic ring is 1. The monoisotopic (exact) mass is 288 g/mol. The van der Waals surface area contributed by atoms with E-state index in [4.69, 9.17) is 10.6 Å². The summed E-state index contributed by atoms with van der Waals surface area (Å²) in [6.45, 7) is 6.56. The number of benzene rings is 1. The number of nitrogens with one attached hydrogen (secondary N) is 1. The smallest absolute Gasteiger partial charge is 0.285 e. The van der Waals surface area contributed by atoms with E-state index in [2.05, 4.69) is 25.0 Å². The Kier molecular flexibility index (Phi) is 4.59. The van der Waals surface area contributed by atoms with Crippen LogP contribution in [0.3, 0.4) is 0 Å². The van der Waals surface area contributed by atoms with Gasteiger partial charge in [0.2, 0.25) is 0 Å². The Morgan fingerprint density at radius 2 is 2.19 bits per heavy atom. The van der Waals surface area contributed by atoms with Crippen LogP contribution >= 0.6 is 0 Å². The number of aryl methyl sites for hydroxylation is 1. The van der Waals surface area contributed by atoms with E-state index < -0.39 is 5.91 Å². The molecule has 21 heavy (non-hydrogen) atoms. The maximum atomic E-state index is 11.3. The molecule has 112 valence electrons. The molecule has 1 aromatic heterocycles. The van der Waals surface area contributed by atoms with Gasteiger partial charge in [-0.25, -0.2) is 10.5 Å². The van der Waals surface area contributed by atoms with Gasteiger partial charge in [-0.3, -0.25) is 10.2 Å². The number of ether oxygens (including phenoxy) is 1. The number of aromatic nitrogens is 2. The molecule has 0 fully saturated rings. The molecule has 6 heteroatoms. The Morgan fingerprint density at radius 3 is 2.86 bits per heavy atom. The van der Waals surface area contributed by atoms with Crippen LogP contribution in [0.15, 0.2) is 30.5 Å². The fourth-order valence-electron chi connectivity index (χ4n) is 1.96. The average Bonchev–Trinajstić information content (AvgIpc) is 2.92. The van der Waals surface area contributed by atoms with Crippen molar-refractivity contribution >= 4 is 5.91 Å². The molecule has 0 saturated heterocycles. The summed E-state index contributed by atoms with van der Waals surface area (Å²) >= 11 is 0. The first-order valence-corrected chi connectivity index (χ1v) is 6.78. The Bertz CT molecular complexity index is 634. The third-order valence-electron chi connectivity index (χ3n) is 3.11. The minimum absolute atomic E-state index is 0.235. The fourth-order valence-corrected chi connectivity index (χ4v) is 1.96. The van der Waals surface area contributed by atoms with Gasteiger partial charge in [-0.15, -0.1) is 0 Å². The van der Waals surface area contributed by atoms with Gasteiger partial charge in [-0.2, -0.15) is 5.10 Å². The Labute approximate surface area is 123 Å². The second-order valence-electron chi connectivity index (χ2n) is 5.22. The van der Waals surface area contributed by atoms with Crippen molar-refractivity contribution in [2.45, 2.75) is 33.4 Å². The summed E-state index contributed by atoms with van der Waals surface area (Å²) < 4.78 is 7.27. The van der Waals surface area contributed by atoms with E-state index in [1.165, 1.54) is 5.56 Å². The van der Waals surface area contributed by atoms with Gasteiger partial charge in [0.25, 0.3) is 5.91 Å². The Hall–Kier alpha value is -2.34. The van der Waals surface area contributed by atoms with E-state index in [1.807, 2.05) is 24.5 Å². The van der Waals surface area contributed by atoms with Crippen LogP contribution in [-0.2, 0) is 6.73 Å². The minimum atomic E-state index is -0.425. The van der Waals surface area contributed by atoms with Crippen molar-refractivity contribution in [3.63, 3.8) is 0 Å². The number of rotatable bonds is 5. The molecule has 0 saturated carbocycles. The van der Waals surface area contributed by atoms with Gasteiger partial charge in [-0.05, 0) is 42.2 Å². The highest BCUT2D eigenvalue weighted by molar-refractivity contribution is 5.91. The van der Waals surface area contributed by atoms with Gasteiger partial charge in [-0.1, -0.05) is 19.9 Å². The molecule has 0 radical (unpaired) electrons. The molecule has 0 aliphatic carbocycles. The second-order valence-corrected chi connectivity index (χ2v) is 5.22. The summed E-state index contributed by atoms with van der Waals surface area (Å²) in [6.07, 6.45) is 1.67. The topological polar surface area (TPSA) is 82.2 Å². The van der Waals surface area contributed by atoms with Crippen molar-refractivity contribution < 1.29 is 9.53 Å². The zero-order valence-electron chi connectivity index (χ0n) is 12.5. The molecule has 0 spiro atoms. The van der Waals surface area contributed by atoms with Crippen molar-refractivity contribution in [2.75, 3.05) is 0 Å². The number of amides is 1. The Morgan fingerprint density at radius 1 is 1.43 bits per heavy atom. The van der Waals surface area contributed by atoms with Crippen LogP contribution < -0.4 is 16.0 Å². The lowest BCUT2D eigenvalue weighted by atomic mass is 10.0. The molecule has 0 atom stereocenters. The van der Waals surface area contributed by atoms with E-state index in [-0.39, 0.29) is 12.4 Å². The van der Waals surface area contributed by atoms with Crippen molar-refractivity contribution in [2.24, 2.45) is 5.84 Å². The predicted octanol–water partition coefficient (Wildman–Crippen LogP) is 1.95. The van der Waals surface area contributed by atoms with E-state index >= 15 is 0 Å². The molecule has 1 aromatic carbocycles. The molecule has 0 bridgehead atoms. The molecule has 0 aliphatic rings. The highest BCUT2D eigenvalue weighted by Gasteiger charge is 2.08. The highest BCUT2D eigenvalue weighted by Crippen LogP contribution is 2.23. The molecule has 0 unspecified atom stereocenters. The normalized spacial score (nSPS) is 10.7. The molecular weight excluding hydrogens is 268 g/mol. The SMILES string of the molecule is Cc1cc(OCn2ccc(C(=O)NN)n2)cc(C(C)C)c1. The first kappa shape index (κ1) is 15.1. The number of nitrogens with zero attached hydrogens (tertiary/aromatic N) is 2. The van der Waals surface area contributed by atoms with Crippen molar-refractivity contribution in [1.29, 1.82) is 0 Å². The Balaban J connectivity index is 2.06. The number of hydrogen-bond acceptors (Lipinski definition) is 4. The van der Waals surface area contributed by atoms with Crippen LogP contribution in [0.5, 0.6) is 5.75 Å². The molecule has 1 amide bonds. The predicted molar refractivity (Wildman–Crippen MR) is 79.8 cm³/mol. The average molecular weight is 288 g/mol. The lowest BCUT2D eigenvalue weighted by Crippen LogP contribution is -2.30. The summed E-state index contributed by atoms with van der Waals surface area (Å²) in [7, 11) is 0. The molecular formula is C15H20N4O2. The molecule has 3 N–H and O–H groups in total. The van der Waals surface area contributed by atoms with Crippen molar-refractivity contribution in [1.82, 2.24) is 15.2 Å². The van der Waals surface area contributed by atoms with Crippen LogP contribution in [0.2, 0.25) is 0 Å². The fraction of sp³-hybridized carbons (Fsp3) is 0.333. The van der Waals surface area contributed by atoms with Crippen LogP contribution in [-0.4, -0.2) is 15.7 Å². The van der Waals surface area contributed by atoms with E-state index in [0.717, 1.165) is 11.3 Å². The molecule has 6 nitrogen and oxygen atoms in total. The van der Waals surface area contributed by atoms with Gasteiger partial charge in [0.1, 0.15) is 5.75 Å². The summed E-state index contributed by atoms with van der Waals surface area (Å²) in [6, 6.07) is 7.73. The second kappa shape index (κ2) is 6.41. The van der Waals surface area contributed by atoms with E-state index in [0.29, 0.717) is 5.92 Å². The zero-order valence-corrected chi connectivity index (χ0v) is 12.5. The summed E-state index contributed by atoms with van der Waals surface area (Å²) in [4.78, 5) is 11.3. The maximum absolute atomic E-state index is 11.3. The van der Waals surface area contributed by atoms with Gasteiger partial charge >= 0.3 is 0 Å². The highest BCUT2D eigenvalue weighted by atomic mass is 16.5.